The Hall–Kier alpha value is -4.04. The van der Waals surface area contributed by atoms with Crippen molar-refractivity contribution in [2.24, 2.45) is 0 Å². The van der Waals surface area contributed by atoms with Gasteiger partial charge in [0.1, 0.15) is 5.82 Å². The zero-order valence-corrected chi connectivity index (χ0v) is 24.6. The summed E-state index contributed by atoms with van der Waals surface area (Å²) in [6.07, 6.45) is 2.93. The summed E-state index contributed by atoms with van der Waals surface area (Å²) < 4.78 is 31.1. The van der Waals surface area contributed by atoms with Crippen molar-refractivity contribution in [3.05, 3.63) is 47.8 Å². The molecule has 1 atom stereocenters. The maximum Gasteiger partial charge on any atom is 0.319 e. The monoisotopic (exact) mass is 586 g/mol. The normalized spacial score (nSPS) is 15.7. The van der Waals surface area contributed by atoms with Gasteiger partial charge in [-0.1, -0.05) is 0 Å². The number of hydrogen-bond acceptors (Lipinski definition) is 10. The zero-order valence-electron chi connectivity index (χ0n) is 23.8. The Morgan fingerprint density at radius 1 is 1.20 bits per heavy atom. The second-order valence-electron chi connectivity index (χ2n) is 9.93. The van der Waals surface area contributed by atoms with Crippen molar-refractivity contribution in [1.29, 1.82) is 5.41 Å². The molecule has 0 spiro atoms. The van der Waals surface area contributed by atoms with Gasteiger partial charge in [-0.2, -0.15) is 0 Å². The first kappa shape index (κ1) is 31.5. The molecule has 1 aromatic carbocycles. The molecule has 41 heavy (non-hydrogen) atoms. The van der Waals surface area contributed by atoms with Crippen LogP contribution in [0, 0.1) is 5.41 Å². The number of amides is 3. The van der Waals surface area contributed by atoms with Crippen LogP contribution in [0.4, 0.5) is 16.3 Å². The summed E-state index contributed by atoms with van der Waals surface area (Å²) in [5.41, 5.74) is 2.18. The van der Waals surface area contributed by atoms with Crippen molar-refractivity contribution < 1.29 is 22.7 Å². The second kappa shape index (κ2) is 14.6. The Morgan fingerprint density at radius 2 is 1.93 bits per heavy atom. The minimum absolute atomic E-state index is 0.0274. The molecule has 1 fully saturated rings. The maximum absolute atomic E-state index is 12.8. The van der Waals surface area contributed by atoms with Gasteiger partial charge in [-0.05, 0) is 31.2 Å². The van der Waals surface area contributed by atoms with E-state index in [0.29, 0.717) is 53.9 Å². The number of morpholine rings is 1. The molecule has 1 aromatic heterocycles. The van der Waals surface area contributed by atoms with E-state index in [2.05, 4.69) is 25.8 Å². The molecule has 14 heteroatoms. The van der Waals surface area contributed by atoms with Crippen molar-refractivity contribution in [2.75, 3.05) is 62.9 Å². The smallest absolute Gasteiger partial charge is 0.319 e. The van der Waals surface area contributed by atoms with E-state index in [4.69, 9.17) is 15.1 Å². The molecule has 2 aromatic rings. The molecule has 0 unspecified atom stereocenters. The highest BCUT2D eigenvalue weighted by Gasteiger charge is 2.23. The van der Waals surface area contributed by atoms with Gasteiger partial charge in [0.05, 0.1) is 36.5 Å². The lowest BCUT2D eigenvalue weighted by Crippen LogP contribution is -2.44. The summed E-state index contributed by atoms with van der Waals surface area (Å²) in [7, 11) is 0.117. The lowest BCUT2D eigenvalue weighted by Gasteiger charge is -2.34. The Labute approximate surface area is 240 Å². The lowest BCUT2D eigenvalue weighted by atomic mass is 10.2. The number of carbonyl (C=O) groups is 2. The standard InChI is InChI=1S/C27H38N8O5S/c1-19-17-40-11-10-35(19)25-13-24(18-41(38,39)12-9-29-20(2)36)31-26(33-25)22-5-7-23(8-6-22)32-27(37)30-15-21(14-28)16-34(3)4/h5-8,13-14,16,19,28H,9-12,15,17-18H2,1-4H3,(H,29,36)(H2,30,32,37)/b21-16+,28-14?/t19-/m0/s1. The molecular formula is C27H38N8O5S. The Morgan fingerprint density at radius 3 is 2.56 bits per heavy atom. The summed E-state index contributed by atoms with van der Waals surface area (Å²) in [5, 5.41) is 15.4. The second-order valence-corrected chi connectivity index (χ2v) is 12.1. The van der Waals surface area contributed by atoms with Gasteiger partial charge in [0.2, 0.25) is 5.91 Å². The number of rotatable bonds is 12. The van der Waals surface area contributed by atoms with E-state index in [1.54, 1.807) is 41.4 Å². The molecule has 0 bridgehead atoms. The molecule has 2 heterocycles. The summed E-state index contributed by atoms with van der Waals surface area (Å²) in [4.78, 5) is 36.7. The summed E-state index contributed by atoms with van der Waals surface area (Å²) >= 11 is 0. The lowest BCUT2D eigenvalue weighted by molar-refractivity contribution is -0.118. The van der Waals surface area contributed by atoms with E-state index in [-0.39, 0.29) is 36.5 Å². The van der Waals surface area contributed by atoms with Crippen molar-refractivity contribution in [3.63, 3.8) is 0 Å². The molecule has 4 N–H and O–H groups in total. The van der Waals surface area contributed by atoms with E-state index in [1.807, 2.05) is 21.0 Å². The van der Waals surface area contributed by atoms with Crippen LogP contribution in [0.1, 0.15) is 19.5 Å². The molecule has 1 saturated heterocycles. The maximum atomic E-state index is 12.8. The van der Waals surface area contributed by atoms with Crippen LogP contribution in [0.3, 0.4) is 0 Å². The Bertz CT molecular complexity index is 1360. The van der Waals surface area contributed by atoms with E-state index in [9.17, 15) is 18.0 Å². The van der Waals surface area contributed by atoms with Gasteiger partial charge in [-0.3, -0.25) is 4.79 Å². The SMILES string of the molecule is CC(=O)NCCS(=O)(=O)Cc1cc(N2CCOC[C@@H]2C)nc(-c2ccc(NC(=O)NC/C(C=N)=C/N(C)C)cc2)n1. The van der Waals surface area contributed by atoms with Crippen LogP contribution in [0.25, 0.3) is 11.4 Å². The van der Waals surface area contributed by atoms with Crippen molar-refractivity contribution in [3.8, 4) is 11.4 Å². The van der Waals surface area contributed by atoms with Gasteiger partial charge in [0, 0.05) is 76.0 Å². The average Bonchev–Trinajstić information content (AvgIpc) is 2.90. The highest BCUT2D eigenvalue weighted by molar-refractivity contribution is 7.90. The van der Waals surface area contributed by atoms with Crippen molar-refractivity contribution >= 4 is 39.5 Å². The van der Waals surface area contributed by atoms with Gasteiger partial charge < -0.3 is 35.9 Å². The molecule has 1 aliphatic rings. The highest BCUT2D eigenvalue weighted by atomic mass is 32.2. The number of sulfone groups is 1. The highest BCUT2D eigenvalue weighted by Crippen LogP contribution is 2.25. The van der Waals surface area contributed by atoms with Crippen LogP contribution in [0.15, 0.2) is 42.1 Å². The molecule has 0 radical (unpaired) electrons. The first-order valence-corrected chi connectivity index (χ1v) is 15.0. The van der Waals surface area contributed by atoms with E-state index in [0.717, 1.165) is 0 Å². The number of hydrogen-bond donors (Lipinski definition) is 4. The number of nitrogens with one attached hydrogen (secondary N) is 4. The summed E-state index contributed by atoms with van der Waals surface area (Å²) in [6, 6.07) is 8.23. The van der Waals surface area contributed by atoms with Crippen LogP contribution < -0.4 is 20.9 Å². The largest absolute Gasteiger partial charge is 0.383 e. The number of carbonyl (C=O) groups excluding carboxylic acids is 2. The van der Waals surface area contributed by atoms with Crippen LogP contribution in [0.5, 0.6) is 0 Å². The number of aromatic nitrogens is 2. The third-order valence-electron chi connectivity index (χ3n) is 6.05. The van der Waals surface area contributed by atoms with Crippen molar-refractivity contribution in [2.45, 2.75) is 25.6 Å². The number of benzene rings is 1. The zero-order chi connectivity index (χ0) is 30.0. The van der Waals surface area contributed by atoms with E-state index < -0.39 is 15.9 Å². The van der Waals surface area contributed by atoms with Crippen LogP contribution >= 0.6 is 0 Å². The predicted molar refractivity (Wildman–Crippen MR) is 159 cm³/mol. The van der Waals surface area contributed by atoms with Gasteiger partial charge in [0.15, 0.2) is 15.7 Å². The Kier molecular flexibility index (Phi) is 11.2. The molecule has 1 aliphatic heterocycles. The molecule has 3 rings (SSSR count). The third kappa shape index (κ3) is 10.1. The van der Waals surface area contributed by atoms with Gasteiger partial charge in [-0.25, -0.2) is 23.2 Å². The van der Waals surface area contributed by atoms with Crippen LogP contribution in [-0.4, -0.2) is 100 Å². The number of ether oxygens (including phenoxy) is 1. The minimum atomic E-state index is -3.55. The third-order valence-corrected chi connectivity index (χ3v) is 7.61. The van der Waals surface area contributed by atoms with Gasteiger partial charge in [-0.15, -0.1) is 0 Å². The molecule has 13 nitrogen and oxygen atoms in total. The fraction of sp³-hybridized carbons (Fsp3) is 0.444. The Balaban J connectivity index is 1.80. The number of urea groups is 1. The molecule has 3 amide bonds. The fourth-order valence-electron chi connectivity index (χ4n) is 4.11. The number of nitrogens with zero attached hydrogens (tertiary/aromatic N) is 4. The molecule has 0 saturated carbocycles. The first-order chi connectivity index (χ1) is 19.5. The van der Waals surface area contributed by atoms with Gasteiger partial charge >= 0.3 is 6.03 Å². The van der Waals surface area contributed by atoms with Crippen molar-refractivity contribution in [1.82, 2.24) is 25.5 Å². The summed E-state index contributed by atoms with van der Waals surface area (Å²) in [6.45, 7) is 5.24. The first-order valence-electron chi connectivity index (χ1n) is 13.2. The van der Waals surface area contributed by atoms with Gasteiger partial charge in [0.25, 0.3) is 0 Å². The predicted octanol–water partition coefficient (Wildman–Crippen LogP) is 1.64. The summed E-state index contributed by atoms with van der Waals surface area (Å²) in [5.74, 6) is 0.166. The van der Waals surface area contributed by atoms with E-state index >= 15 is 0 Å². The van der Waals surface area contributed by atoms with Crippen LogP contribution in [0.2, 0.25) is 0 Å². The molecule has 222 valence electrons. The quantitative estimate of drug-likeness (QED) is 0.270. The molecule has 0 aliphatic carbocycles. The minimum Gasteiger partial charge on any atom is -0.383 e. The molecular weight excluding hydrogens is 548 g/mol. The average molecular weight is 587 g/mol. The topological polar surface area (TPSA) is 170 Å². The number of anilines is 2. The van der Waals surface area contributed by atoms with E-state index in [1.165, 1.54) is 13.1 Å². The fourth-order valence-corrected chi connectivity index (χ4v) is 5.26. The van der Waals surface area contributed by atoms with Crippen LogP contribution in [-0.2, 0) is 25.1 Å².